The van der Waals surface area contributed by atoms with Crippen molar-refractivity contribution in [3.63, 3.8) is 0 Å². The van der Waals surface area contributed by atoms with E-state index in [-0.39, 0.29) is 23.0 Å². The largest absolute Gasteiger partial charge is 0.472 e. The van der Waals surface area contributed by atoms with Crippen LogP contribution < -0.4 is 4.74 Å². The SMILES string of the molecule is Cc1nc(-c2c(F)cccc2Cl)nn1-c1ccc(COc2ncc(Cl)cc2Cl)cc1. The van der Waals surface area contributed by atoms with E-state index in [1.165, 1.54) is 12.3 Å². The van der Waals surface area contributed by atoms with Crippen molar-refractivity contribution in [1.82, 2.24) is 19.7 Å². The first-order valence-corrected chi connectivity index (χ1v) is 9.97. The van der Waals surface area contributed by atoms with Crippen molar-refractivity contribution < 1.29 is 9.13 Å². The van der Waals surface area contributed by atoms with E-state index in [1.807, 2.05) is 24.3 Å². The Labute approximate surface area is 187 Å². The molecule has 0 amide bonds. The zero-order valence-electron chi connectivity index (χ0n) is 15.6. The smallest absolute Gasteiger partial charge is 0.232 e. The third kappa shape index (κ3) is 4.26. The molecule has 0 aliphatic rings. The highest BCUT2D eigenvalue weighted by atomic mass is 35.5. The lowest BCUT2D eigenvalue weighted by Crippen LogP contribution is -2.01. The first-order chi connectivity index (χ1) is 14.4. The number of benzene rings is 2. The average molecular weight is 464 g/mol. The van der Waals surface area contributed by atoms with Crippen LogP contribution in [0.2, 0.25) is 15.1 Å². The summed E-state index contributed by atoms with van der Waals surface area (Å²) in [6, 6.07) is 13.5. The van der Waals surface area contributed by atoms with E-state index >= 15 is 0 Å². The van der Waals surface area contributed by atoms with Gasteiger partial charge in [-0.15, -0.1) is 5.10 Å². The highest BCUT2D eigenvalue weighted by Gasteiger charge is 2.16. The first-order valence-electron chi connectivity index (χ1n) is 8.83. The summed E-state index contributed by atoms with van der Waals surface area (Å²) in [6.07, 6.45) is 1.47. The number of pyridine rings is 1. The lowest BCUT2D eigenvalue weighted by atomic mass is 10.2. The van der Waals surface area contributed by atoms with Gasteiger partial charge < -0.3 is 4.74 Å². The van der Waals surface area contributed by atoms with Crippen molar-refractivity contribution in [1.29, 1.82) is 0 Å². The van der Waals surface area contributed by atoms with Gasteiger partial charge in [0.25, 0.3) is 0 Å². The molecule has 9 heteroatoms. The summed E-state index contributed by atoms with van der Waals surface area (Å²) < 4.78 is 21.5. The fourth-order valence-electron chi connectivity index (χ4n) is 2.85. The molecule has 0 atom stereocenters. The summed E-state index contributed by atoms with van der Waals surface area (Å²) in [6.45, 7) is 2.07. The number of halogens is 4. The molecule has 30 heavy (non-hydrogen) atoms. The molecule has 2 aromatic heterocycles. The Kier molecular flexibility index (Phi) is 5.90. The van der Waals surface area contributed by atoms with Crippen LogP contribution in [0.3, 0.4) is 0 Å². The molecule has 0 unspecified atom stereocenters. The number of hydrogen-bond acceptors (Lipinski definition) is 4. The first kappa shape index (κ1) is 20.6. The molecule has 0 fully saturated rings. The van der Waals surface area contributed by atoms with Crippen LogP contribution in [0.25, 0.3) is 17.1 Å². The van der Waals surface area contributed by atoms with Gasteiger partial charge in [-0.05, 0) is 42.8 Å². The van der Waals surface area contributed by atoms with Crippen molar-refractivity contribution >= 4 is 34.8 Å². The molecule has 0 spiro atoms. The maximum Gasteiger partial charge on any atom is 0.232 e. The molecular formula is C21H14Cl3FN4O. The minimum atomic E-state index is -0.471. The summed E-state index contributed by atoms with van der Waals surface area (Å²) in [7, 11) is 0. The van der Waals surface area contributed by atoms with Crippen LogP contribution in [-0.4, -0.2) is 19.7 Å². The van der Waals surface area contributed by atoms with E-state index in [0.717, 1.165) is 11.3 Å². The topological polar surface area (TPSA) is 52.8 Å². The molecule has 2 aromatic carbocycles. The molecule has 5 nitrogen and oxygen atoms in total. The Balaban J connectivity index is 1.54. The van der Waals surface area contributed by atoms with E-state index in [1.54, 1.807) is 29.8 Å². The van der Waals surface area contributed by atoms with Gasteiger partial charge in [-0.2, -0.15) is 0 Å². The minimum absolute atomic E-state index is 0.179. The van der Waals surface area contributed by atoms with Crippen LogP contribution in [0.15, 0.2) is 54.7 Å². The zero-order chi connectivity index (χ0) is 21.3. The van der Waals surface area contributed by atoms with Crippen molar-refractivity contribution in [3.8, 4) is 23.0 Å². The van der Waals surface area contributed by atoms with Crippen molar-refractivity contribution in [3.05, 3.63) is 87.0 Å². The number of hydrogen-bond donors (Lipinski definition) is 0. The fourth-order valence-corrected chi connectivity index (χ4v) is 3.53. The molecule has 0 saturated carbocycles. The third-order valence-electron chi connectivity index (χ3n) is 4.29. The van der Waals surface area contributed by atoms with Gasteiger partial charge in [0.1, 0.15) is 23.3 Å². The summed E-state index contributed by atoms with van der Waals surface area (Å²) >= 11 is 18.0. The molecule has 152 valence electrons. The summed E-state index contributed by atoms with van der Waals surface area (Å²) in [5.41, 5.74) is 1.85. The molecule has 0 saturated heterocycles. The van der Waals surface area contributed by atoms with Crippen LogP contribution in [0.4, 0.5) is 4.39 Å². The summed E-state index contributed by atoms with van der Waals surface area (Å²) in [5, 5.41) is 5.47. The van der Waals surface area contributed by atoms with E-state index in [0.29, 0.717) is 21.7 Å². The van der Waals surface area contributed by atoms with Crippen molar-refractivity contribution in [2.45, 2.75) is 13.5 Å². The van der Waals surface area contributed by atoms with Crippen LogP contribution in [0, 0.1) is 12.7 Å². The molecule has 2 heterocycles. The molecule has 0 aliphatic carbocycles. The van der Waals surface area contributed by atoms with Gasteiger partial charge in [0.15, 0.2) is 5.82 Å². The van der Waals surface area contributed by atoms with Crippen LogP contribution in [0.1, 0.15) is 11.4 Å². The standard InChI is InChI=1S/C21H14Cl3FN4O/c1-12-27-20(19-16(23)3-2-4-18(19)25)28-29(12)15-7-5-13(6-8-15)11-30-21-17(24)9-14(22)10-26-21/h2-10H,11H2,1H3. The van der Waals surface area contributed by atoms with Gasteiger partial charge in [0, 0.05) is 6.20 Å². The minimum Gasteiger partial charge on any atom is -0.472 e. The van der Waals surface area contributed by atoms with Crippen LogP contribution in [-0.2, 0) is 6.61 Å². The third-order valence-corrected chi connectivity index (χ3v) is 5.08. The van der Waals surface area contributed by atoms with E-state index in [9.17, 15) is 4.39 Å². The Morgan fingerprint density at radius 2 is 1.80 bits per heavy atom. The summed E-state index contributed by atoms with van der Waals surface area (Å²) in [4.78, 5) is 8.43. The van der Waals surface area contributed by atoms with Crippen molar-refractivity contribution in [2.75, 3.05) is 0 Å². The second kappa shape index (κ2) is 8.60. The Hall–Kier alpha value is -2.67. The molecule has 0 aliphatic heterocycles. The quantitative estimate of drug-likeness (QED) is 0.348. The maximum absolute atomic E-state index is 14.2. The van der Waals surface area contributed by atoms with E-state index in [4.69, 9.17) is 39.5 Å². The number of nitrogens with zero attached hydrogens (tertiary/aromatic N) is 4. The molecule has 0 radical (unpaired) electrons. The Morgan fingerprint density at radius 1 is 1.03 bits per heavy atom. The molecule has 0 bridgehead atoms. The second-order valence-corrected chi connectivity index (χ2v) is 7.64. The normalized spacial score (nSPS) is 11.0. The molecular weight excluding hydrogens is 450 g/mol. The van der Waals surface area contributed by atoms with E-state index < -0.39 is 5.82 Å². The van der Waals surface area contributed by atoms with Gasteiger partial charge in [-0.3, -0.25) is 0 Å². The van der Waals surface area contributed by atoms with Crippen LogP contribution in [0.5, 0.6) is 5.88 Å². The average Bonchev–Trinajstić information content (AvgIpc) is 3.09. The predicted molar refractivity (Wildman–Crippen MR) is 115 cm³/mol. The number of ether oxygens (including phenoxy) is 1. The van der Waals surface area contributed by atoms with Gasteiger partial charge in [-0.25, -0.2) is 19.0 Å². The van der Waals surface area contributed by atoms with Crippen LogP contribution >= 0.6 is 34.8 Å². The number of aryl methyl sites for hydroxylation is 1. The summed E-state index contributed by atoms with van der Waals surface area (Å²) in [5.74, 6) is 0.669. The van der Waals surface area contributed by atoms with E-state index in [2.05, 4.69) is 15.1 Å². The lowest BCUT2D eigenvalue weighted by molar-refractivity contribution is 0.294. The second-order valence-electron chi connectivity index (χ2n) is 6.39. The maximum atomic E-state index is 14.2. The fraction of sp³-hybridized carbons (Fsp3) is 0.0952. The number of aromatic nitrogens is 4. The molecule has 4 rings (SSSR count). The van der Waals surface area contributed by atoms with Gasteiger partial charge in [-0.1, -0.05) is 53.0 Å². The van der Waals surface area contributed by atoms with Gasteiger partial charge in [0.05, 0.1) is 21.3 Å². The molecule has 4 aromatic rings. The van der Waals surface area contributed by atoms with Gasteiger partial charge >= 0.3 is 0 Å². The van der Waals surface area contributed by atoms with Gasteiger partial charge in [0.2, 0.25) is 5.88 Å². The zero-order valence-corrected chi connectivity index (χ0v) is 17.9. The Morgan fingerprint density at radius 3 is 2.50 bits per heavy atom. The van der Waals surface area contributed by atoms with Crippen molar-refractivity contribution in [2.24, 2.45) is 0 Å². The Bertz CT molecular complexity index is 1190. The monoisotopic (exact) mass is 462 g/mol. The number of rotatable bonds is 5. The predicted octanol–water partition coefficient (Wildman–Crippen LogP) is 6.32. The lowest BCUT2D eigenvalue weighted by Gasteiger charge is -2.08. The molecule has 0 N–H and O–H groups in total. The highest BCUT2D eigenvalue weighted by molar-refractivity contribution is 6.35. The highest BCUT2D eigenvalue weighted by Crippen LogP contribution is 2.29.